The molecule has 0 atom stereocenters. The van der Waals surface area contributed by atoms with Crippen molar-refractivity contribution in [1.29, 1.82) is 0 Å². The van der Waals surface area contributed by atoms with Crippen molar-refractivity contribution in [1.82, 2.24) is 4.90 Å². The highest BCUT2D eigenvalue weighted by molar-refractivity contribution is 5.62. The molecule has 0 radical (unpaired) electrons. The van der Waals surface area contributed by atoms with Gasteiger partial charge in [0.15, 0.2) is 0 Å². The zero-order valence-electron chi connectivity index (χ0n) is 10.8. The highest BCUT2D eigenvalue weighted by Crippen LogP contribution is 2.28. The second kappa shape index (κ2) is 5.93. The van der Waals surface area contributed by atoms with Gasteiger partial charge in [0.1, 0.15) is 12.4 Å². The summed E-state index contributed by atoms with van der Waals surface area (Å²) < 4.78 is 5.43. The molecule has 100 valence electrons. The normalized spacial score (nSPS) is 16.9. The molecule has 1 fully saturated rings. The number of benzene rings is 1. The zero-order chi connectivity index (χ0) is 13.0. The van der Waals surface area contributed by atoms with Crippen molar-refractivity contribution in [2.24, 2.45) is 0 Å². The van der Waals surface area contributed by atoms with Crippen LogP contribution in [-0.2, 0) is 0 Å². The minimum atomic E-state index is -0.00181. The summed E-state index contributed by atoms with van der Waals surface area (Å²) in [5.41, 5.74) is 7.59. The quantitative estimate of drug-likeness (QED) is 0.758. The first-order valence-corrected chi connectivity index (χ1v) is 6.27. The van der Waals surface area contributed by atoms with Crippen LogP contribution in [0.3, 0.4) is 0 Å². The van der Waals surface area contributed by atoms with E-state index < -0.39 is 0 Å². The van der Waals surface area contributed by atoms with Crippen molar-refractivity contribution in [3.05, 3.63) is 18.2 Å². The first-order valence-electron chi connectivity index (χ1n) is 6.27. The highest BCUT2D eigenvalue weighted by atomic mass is 16.5. The molecule has 0 bridgehead atoms. The van der Waals surface area contributed by atoms with E-state index in [1.165, 1.54) is 0 Å². The van der Waals surface area contributed by atoms with Gasteiger partial charge >= 0.3 is 0 Å². The number of piperazine rings is 1. The van der Waals surface area contributed by atoms with Gasteiger partial charge in [0.25, 0.3) is 0 Å². The maximum absolute atomic E-state index is 8.78. The molecule has 1 aromatic carbocycles. The molecule has 0 aliphatic carbocycles. The average molecular weight is 251 g/mol. The van der Waals surface area contributed by atoms with Crippen molar-refractivity contribution >= 4 is 11.4 Å². The monoisotopic (exact) mass is 251 g/mol. The Morgan fingerprint density at radius 1 is 1.28 bits per heavy atom. The molecule has 2 rings (SSSR count). The van der Waals surface area contributed by atoms with Gasteiger partial charge in [0.05, 0.1) is 12.3 Å². The van der Waals surface area contributed by atoms with Gasteiger partial charge in [-0.05, 0) is 19.2 Å². The molecule has 3 N–H and O–H groups in total. The average Bonchev–Trinajstić information content (AvgIpc) is 2.39. The Morgan fingerprint density at radius 3 is 2.67 bits per heavy atom. The van der Waals surface area contributed by atoms with Crippen molar-refractivity contribution in [3.8, 4) is 5.75 Å². The fourth-order valence-electron chi connectivity index (χ4n) is 2.06. The zero-order valence-corrected chi connectivity index (χ0v) is 10.8. The van der Waals surface area contributed by atoms with Crippen LogP contribution in [0.25, 0.3) is 0 Å². The van der Waals surface area contributed by atoms with Crippen LogP contribution >= 0.6 is 0 Å². The number of nitrogen functional groups attached to an aromatic ring is 1. The molecular weight excluding hydrogens is 230 g/mol. The van der Waals surface area contributed by atoms with Crippen molar-refractivity contribution in [2.45, 2.75) is 0 Å². The van der Waals surface area contributed by atoms with E-state index in [-0.39, 0.29) is 13.2 Å². The Kier molecular flexibility index (Phi) is 4.28. The first kappa shape index (κ1) is 13.0. The van der Waals surface area contributed by atoms with E-state index in [1.54, 1.807) is 0 Å². The Bertz CT molecular complexity index is 390. The topological polar surface area (TPSA) is 62.0 Å². The molecule has 0 spiro atoms. The fourth-order valence-corrected chi connectivity index (χ4v) is 2.06. The van der Waals surface area contributed by atoms with Gasteiger partial charge in [-0.1, -0.05) is 0 Å². The second-order valence-electron chi connectivity index (χ2n) is 4.58. The van der Waals surface area contributed by atoms with Crippen LogP contribution in [0, 0.1) is 0 Å². The van der Waals surface area contributed by atoms with Gasteiger partial charge in [-0.3, -0.25) is 0 Å². The van der Waals surface area contributed by atoms with Gasteiger partial charge in [-0.15, -0.1) is 0 Å². The van der Waals surface area contributed by atoms with E-state index in [1.807, 2.05) is 18.2 Å². The van der Waals surface area contributed by atoms with E-state index in [0.717, 1.165) is 31.9 Å². The molecule has 0 amide bonds. The molecule has 0 aromatic heterocycles. The molecular formula is C13H21N3O2. The molecule has 1 aliphatic heterocycles. The Balaban J connectivity index is 2.08. The summed E-state index contributed by atoms with van der Waals surface area (Å²) in [5, 5.41) is 8.78. The van der Waals surface area contributed by atoms with E-state index in [2.05, 4.69) is 16.8 Å². The fraction of sp³-hybridized carbons (Fsp3) is 0.538. The number of hydrogen-bond acceptors (Lipinski definition) is 5. The minimum Gasteiger partial charge on any atom is -0.489 e. The van der Waals surface area contributed by atoms with E-state index in [9.17, 15) is 0 Å². The summed E-state index contributed by atoms with van der Waals surface area (Å²) in [4.78, 5) is 4.64. The number of nitrogens with zero attached hydrogens (tertiary/aromatic N) is 2. The van der Waals surface area contributed by atoms with Crippen LogP contribution in [0.4, 0.5) is 11.4 Å². The summed E-state index contributed by atoms with van der Waals surface area (Å²) in [6, 6.07) is 5.84. The number of hydrogen-bond donors (Lipinski definition) is 2. The van der Waals surface area contributed by atoms with Gasteiger partial charge in [-0.25, -0.2) is 0 Å². The lowest BCUT2D eigenvalue weighted by atomic mass is 10.2. The van der Waals surface area contributed by atoms with E-state index in [0.29, 0.717) is 11.4 Å². The molecule has 5 heteroatoms. The number of ether oxygens (including phenoxy) is 1. The van der Waals surface area contributed by atoms with Crippen LogP contribution in [0.15, 0.2) is 18.2 Å². The SMILES string of the molecule is CN1CCN(c2ccc(N)c(OCCO)c2)CC1. The third-order valence-corrected chi connectivity index (χ3v) is 3.21. The number of likely N-dealkylation sites (N-methyl/N-ethyl adjacent to an activating group) is 1. The number of aliphatic hydroxyl groups is 1. The van der Waals surface area contributed by atoms with Gasteiger partial charge in [0.2, 0.25) is 0 Å². The predicted molar refractivity (Wildman–Crippen MR) is 73.1 cm³/mol. The summed E-state index contributed by atoms with van der Waals surface area (Å²) in [5.74, 6) is 0.653. The Labute approximate surface area is 108 Å². The molecule has 0 unspecified atom stereocenters. The third kappa shape index (κ3) is 3.05. The van der Waals surface area contributed by atoms with Crippen LogP contribution in [0.1, 0.15) is 0 Å². The molecule has 1 saturated heterocycles. The van der Waals surface area contributed by atoms with Gasteiger partial charge < -0.3 is 25.4 Å². The third-order valence-electron chi connectivity index (χ3n) is 3.21. The number of nitrogens with two attached hydrogens (primary N) is 1. The first-order chi connectivity index (χ1) is 8.70. The number of aliphatic hydroxyl groups excluding tert-OH is 1. The van der Waals surface area contributed by atoms with Crippen LogP contribution < -0.4 is 15.4 Å². The maximum Gasteiger partial charge on any atom is 0.144 e. The largest absolute Gasteiger partial charge is 0.489 e. The summed E-state index contributed by atoms with van der Waals surface area (Å²) in [7, 11) is 2.14. The van der Waals surface area contributed by atoms with Crippen LogP contribution in [-0.4, -0.2) is 56.4 Å². The van der Waals surface area contributed by atoms with Gasteiger partial charge in [0, 0.05) is 37.9 Å². The molecule has 5 nitrogen and oxygen atoms in total. The summed E-state index contributed by atoms with van der Waals surface area (Å²) >= 11 is 0. The maximum atomic E-state index is 8.78. The van der Waals surface area contributed by atoms with Crippen molar-refractivity contribution in [3.63, 3.8) is 0 Å². The van der Waals surface area contributed by atoms with E-state index in [4.69, 9.17) is 15.6 Å². The predicted octanol–water partition coefficient (Wildman–Crippen LogP) is 0.392. The summed E-state index contributed by atoms with van der Waals surface area (Å²) in [6.07, 6.45) is 0. The van der Waals surface area contributed by atoms with Crippen molar-refractivity contribution < 1.29 is 9.84 Å². The highest BCUT2D eigenvalue weighted by Gasteiger charge is 2.15. The van der Waals surface area contributed by atoms with Crippen LogP contribution in [0.5, 0.6) is 5.75 Å². The van der Waals surface area contributed by atoms with E-state index >= 15 is 0 Å². The number of rotatable bonds is 4. The smallest absolute Gasteiger partial charge is 0.144 e. The molecule has 1 heterocycles. The molecule has 1 aromatic rings. The molecule has 18 heavy (non-hydrogen) atoms. The standard InChI is InChI=1S/C13H21N3O2/c1-15-4-6-16(7-5-15)11-2-3-12(14)13(10-11)18-9-8-17/h2-3,10,17H,4-9,14H2,1H3. The lowest BCUT2D eigenvalue weighted by Crippen LogP contribution is -2.44. The number of anilines is 2. The lowest BCUT2D eigenvalue weighted by Gasteiger charge is -2.34. The molecule has 0 saturated carbocycles. The van der Waals surface area contributed by atoms with Gasteiger partial charge in [-0.2, -0.15) is 0 Å². The summed E-state index contributed by atoms with van der Waals surface area (Å²) in [6.45, 7) is 4.43. The van der Waals surface area contributed by atoms with Crippen LogP contribution in [0.2, 0.25) is 0 Å². The molecule has 1 aliphatic rings. The second-order valence-corrected chi connectivity index (χ2v) is 4.58. The minimum absolute atomic E-state index is 0.00181. The van der Waals surface area contributed by atoms with Crippen molar-refractivity contribution in [2.75, 3.05) is 57.1 Å². The lowest BCUT2D eigenvalue weighted by molar-refractivity contribution is 0.202. The Hall–Kier alpha value is -1.46. The Morgan fingerprint density at radius 2 is 2.00 bits per heavy atom.